The number of aryl methyl sites for hydroxylation is 1. The number of aliphatic hydroxyl groups excluding tert-OH is 1. The quantitative estimate of drug-likeness (QED) is 0.873. The zero-order valence-corrected chi connectivity index (χ0v) is 13.2. The molecule has 0 radical (unpaired) electrons. The van der Waals surface area contributed by atoms with E-state index >= 15 is 0 Å². The van der Waals surface area contributed by atoms with E-state index in [2.05, 4.69) is 21.2 Å². The average molecular weight is 329 g/mol. The lowest BCUT2D eigenvalue weighted by molar-refractivity contribution is 0.163. The molecule has 0 aliphatic heterocycles. The molecule has 2 N–H and O–H groups in total. The Labute approximate surface area is 122 Å². The van der Waals surface area contributed by atoms with Crippen LogP contribution in [-0.2, 0) is 6.54 Å². The predicted molar refractivity (Wildman–Crippen MR) is 80.0 cm³/mol. The van der Waals surface area contributed by atoms with Crippen molar-refractivity contribution in [2.75, 3.05) is 13.6 Å². The molecule has 19 heavy (non-hydrogen) atoms. The van der Waals surface area contributed by atoms with E-state index in [4.69, 9.17) is 0 Å². The Kier molecular flexibility index (Phi) is 6.31. The summed E-state index contributed by atoms with van der Waals surface area (Å²) in [7, 11) is 1.73. The number of hydrogen-bond acceptors (Lipinski definition) is 2. The molecule has 0 spiro atoms. The van der Waals surface area contributed by atoms with E-state index in [-0.39, 0.29) is 12.1 Å². The summed E-state index contributed by atoms with van der Waals surface area (Å²) in [6.07, 6.45) is 0.199. The van der Waals surface area contributed by atoms with E-state index in [1.165, 1.54) is 0 Å². The molecule has 0 aliphatic carbocycles. The maximum Gasteiger partial charge on any atom is 0.317 e. The molecular weight excluding hydrogens is 308 g/mol. The minimum atomic E-state index is -0.385. The van der Waals surface area contributed by atoms with Crippen molar-refractivity contribution in [3.8, 4) is 0 Å². The molecule has 0 saturated carbocycles. The highest BCUT2D eigenvalue weighted by Gasteiger charge is 2.09. The van der Waals surface area contributed by atoms with Gasteiger partial charge in [0.25, 0.3) is 0 Å². The maximum absolute atomic E-state index is 11.8. The first kappa shape index (κ1) is 16.0. The van der Waals surface area contributed by atoms with E-state index in [1.807, 2.05) is 25.1 Å². The van der Waals surface area contributed by atoms with Crippen LogP contribution in [0.15, 0.2) is 22.7 Å². The van der Waals surface area contributed by atoms with Crippen LogP contribution in [0.25, 0.3) is 0 Å². The number of benzene rings is 1. The predicted octanol–water partition coefficient (Wildman–Crippen LogP) is 2.67. The highest BCUT2D eigenvalue weighted by Crippen LogP contribution is 2.15. The molecule has 1 atom stereocenters. The Hall–Kier alpha value is -1.07. The monoisotopic (exact) mass is 328 g/mol. The van der Waals surface area contributed by atoms with Crippen molar-refractivity contribution in [3.63, 3.8) is 0 Å². The van der Waals surface area contributed by atoms with Crippen molar-refractivity contribution in [3.05, 3.63) is 33.8 Å². The van der Waals surface area contributed by atoms with Gasteiger partial charge in [0.05, 0.1) is 6.10 Å². The highest BCUT2D eigenvalue weighted by molar-refractivity contribution is 9.10. The Morgan fingerprint density at radius 3 is 2.79 bits per heavy atom. The number of urea groups is 1. The van der Waals surface area contributed by atoms with Gasteiger partial charge in [-0.3, -0.25) is 0 Å². The number of carbonyl (C=O) groups excluding carboxylic acids is 1. The summed E-state index contributed by atoms with van der Waals surface area (Å²) in [5.41, 5.74) is 2.24. The third-order valence-electron chi connectivity index (χ3n) is 2.96. The van der Waals surface area contributed by atoms with Crippen molar-refractivity contribution in [2.24, 2.45) is 0 Å². The maximum atomic E-state index is 11.8. The average Bonchev–Trinajstić information content (AvgIpc) is 2.34. The van der Waals surface area contributed by atoms with Gasteiger partial charge in [-0.2, -0.15) is 0 Å². The summed E-state index contributed by atoms with van der Waals surface area (Å²) >= 11 is 3.41. The van der Waals surface area contributed by atoms with Crippen molar-refractivity contribution < 1.29 is 9.90 Å². The summed E-state index contributed by atoms with van der Waals surface area (Å²) in [6, 6.07) is 5.86. The normalized spacial score (nSPS) is 12.1. The van der Waals surface area contributed by atoms with Gasteiger partial charge in [0.2, 0.25) is 0 Å². The van der Waals surface area contributed by atoms with E-state index in [0.29, 0.717) is 19.5 Å². The fourth-order valence-electron chi connectivity index (χ4n) is 1.65. The van der Waals surface area contributed by atoms with Gasteiger partial charge in [-0.25, -0.2) is 4.79 Å². The second-order valence-corrected chi connectivity index (χ2v) is 5.70. The zero-order valence-electron chi connectivity index (χ0n) is 11.6. The molecule has 0 bridgehead atoms. The van der Waals surface area contributed by atoms with Crippen LogP contribution in [0.3, 0.4) is 0 Å². The molecule has 1 rings (SSSR count). The number of nitrogens with one attached hydrogen (secondary N) is 1. The molecule has 106 valence electrons. The fourth-order valence-corrected chi connectivity index (χ4v) is 2.12. The lowest BCUT2D eigenvalue weighted by Gasteiger charge is -2.19. The molecule has 0 aliphatic rings. The number of rotatable bonds is 5. The molecule has 1 aromatic carbocycles. The number of aliphatic hydroxyl groups is 1. The van der Waals surface area contributed by atoms with Crippen LogP contribution in [0.5, 0.6) is 0 Å². The topological polar surface area (TPSA) is 52.6 Å². The first-order chi connectivity index (χ1) is 8.90. The van der Waals surface area contributed by atoms with Gasteiger partial charge in [0.1, 0.15) is 0 Å². The second kappa shape index (κ2) is 7.50. The van der Waals surface area contributed by atoms with Crippen LogP contribution in [0.2, 0.25) is 0 Å². The van der Waals surface area contributed by atoms with Gasteiger partial charge in [0, 0.05) is 24.6 Å². The van der Waals surface area contributed by atoms with Crippen molar-refractivity contribution in [1.82, 2.24) is 10.2 Å². The van der Waals surface area contributed by atoms with Gasteiger partial charge in [-0.05, 0) is 43.5 Å². The molecule has 1 aromatic rings. The highest BCUT2D eigenvalue weighted by atomic mass is 79.9. The van der Waals surface area contributed by atoms with E-state index in [1.54, 1.807) is 18.9 Å². The third-order valence-corrected chi connectivity index (χ3v) is 3.46. The first-order valence-corrected chi connectivity index (χ1v) is 7.11. The lowest BCUT2D eigenvalue weighted by Crippen LogP contribution is -2.38. The molecule has 5 heteroatoms. The number of nitrogens with zero attached hydrogens (tertiary/aromatic N) is 1. The van der Waals surface area contributed by atoms with Crippen LogP contribution in [0.4, 0.5) is 4.79 Å². The van der Waals surface area contributed by atoms with Crippen LogP contribution in [0, 0.1) is 6.92 Å². The number of halogens is 1. The Balaban J connectivity index is 2.45. The largest absolute Gasteiger partial charge is 0.393 e. The van der Waals surface area contributed by atoms with Gasteiger partial charge in [-0.15, -0.1) is 0 Å². The minimum Gasteiger partial charge on any atom is -0.393 e. The SMILES string of the molecule is Cc1cc(Br)ccc1CNC(=O)N(C)CCC(C)O. The summed E-state index contributed by atoms with van der Waals surface area (Å²) < 4.78 is 1.04. The third kappa shape index (κ3) is 5.61. The Morgan fingerprint density at radius 2 is 2.21 bits per heavy atom. The molecular formula is C14H21BrN2O2. The molecule has 2 amide bonds. The Morgan fingerprint density at radius 1 is 1.53 bits per heavy atom. The summed E-state index contributed by atoms with van der Waals surface area (Å²) in [5, 5.41) is 12.1. The van der Waals surface area contributed by atoms with Gasteiger partial charge in [0.15, 0.2) is 0 Å². The second-order valence-electron chi connectivity index (χ2n) is 4.79. The van der Waals surface area contributed by atoms with E-state index in [0.717, 1.165) is 15.6 Å². The molecule has 0 heterocycles. The summed E-state index contributed by atoms with van der Waals surface area (Å²) in [5.74, 6) is 0. The fraction of sp³-hybridized carbons (Fsp3) is 0.500. The lowest BCUT2D eigenvalue weighted by atomic mass is 10.1. The zero-order chi connectivity index (χ0) is 14.4. The number of amides is 2. The van der Waals surface area contributed by atoms with Crippen molar-refractivity contribution in [1.29, 1.82) is 0 Å². The smallest absolute Gasteiger partial charge is 0.317 e. The van der Waals surface area contributed by atoms with Crippen LogP contribution in [0.1, 0.15) is 24.5 Å². The minimum absolute atomic E-state index is 0.122. The van der Waals surface area contributed by atoms with Crippen molar-refractivity contribution in [2.45, 2.75) is 32.9 Å². The molecule has 0 fully saturated rings. The van der Waals surface area contributed by atoms with Gasteiger partial charge in [-0.1, -0.05) is 22.0 Å². The molecule has 1 unspecified atom stereocenters. The number of carbonyl (C=O) groups is 1. The standard InChI is InChI=1S/C14H21BrN2O2/c1-10-8-13(15)5-4-12(10)9-16-14(19)17(3)7-6-11(2)18/h4-5,8,11,18H,6-7,9H2,1-3H3,(H,16,19). The van der Waals surface area contributed by atoms with E-state index < -0.39 is 0 Å². The van der Waals surface area contributed by atoms with Crippen molar-refractivity contribution >= 4 is 22.0 Å². The van der Waals surface area contributed by atoms with Gasteiger partial charge < -0.3 is 15.3 Å². The van der Waals surface area contributed by atoms with Crippen LogP contribution >= 0.6 is 15.9 Å². The molecule has 0 saturated heterocycles. The Bertz CT molecular complexity index is 435. The van der Waals surface area contributed by atoms with Crippen LogP contribution < -0.4 is 5.32 Å². The van der Waals surface area contributed by atoms with Gasteiger partial charge >= 0.3 is 6.03 Å². The van der Waals surface area contributed by atoms with Crippen LogP contribution in [-0.4, -0.2) is 35.7 Å². The number of hydrogen-bond donors (Lipinski definition) is 2. The molecule has 4 nitrogen and oxygen atoms in total. The summed E-state index contributed by atoms with van der Waals surface area (Å²) in [4.78, 5) is 13.4. The first-order valence-electron chi connectivity index (χ1n) is 6.32. The molecule has 0 aromatic heterocycles. The summed E-state index contributed by atoms with van der Waals surface area (Å²) in [6.45, 7) is 4.79. The van der Waals surface area contributed by atoms with E-state index in [9.17, 15) is 9.90 Å².